The van der Waals surface area contributed by atoms with Gasteiger partial charge in [0.2, 0.25) is 5.75 Å². The Labute approximate surface area is 109 Å². The Kier molecular flexibility index (Phi) is 5.07. The molecule has 0 fully saturated rings. The molecular formula is C11H13NO7. The van der Waals surface area contributed by atoms with Crippen LogP contribution >= 0.6 is 0 Å². The van der Waals surface area contributed by atoms with E-state index in [1.165, 1.54) is 21.3 Å². The minimum absolute atomic E-state index is 0.0268. The molecule has 0 amide bonds. The summed E-state index contributed by atoms with van der Waals surface area (Å²) in [5, 5.41) is 11.0. The molecule has 0 radical (unpaired) electrons. The highest BCUT2D eigenvalue weighted by Gasteiger charge is 2.27. The zero-order valence-electron chi connectivity index (χ0n) is 10.7. The molecule has 0 saturated heterocycles. The standard InChI is InChI=1S/C11H13NO7/c1-16-6-19-9-4-8(12(14)15)10(17-2)7(5-13)11(9)18-3/h4-5H,6H2,1-3H3. The highest BCUT2D eigenvalue weighted by atomic mass is 16.7. The summed E-state index contributed by atoms with van der Waals surface area (Å²) in [4.78, 5) is 21.4. The Morgan fingerprint density at radius 3 is 2.32 bits per heavy atom. The molecule has 0 heterocycles. The summed E-state index contributed by atoms with van der Waals surface area (Å²) in [5.74, 6) is -0.102. The monoisotopic (exact) mass is 271 g/mol. The van der Waals surface area contributed by atoms with Gasteiger partial charge in [-0.25, -0.2) is 0 Å². The Morgan fingerprint density at radius 2 is 1.89 bits per heavy atom. The first-order chi connectivity index (χ1) is 9.10. The fourth-order valence-corrected chi connectivity index (χ4v) is 1.53. The van der Waals surface area contributed by atoms with Crippen LogP contribution < -0.4 is 14.2 Å². The summed E-state index contributed by atoms with van der Waals surface area (Å²) in [6.45, 7) is -0.141. The summed E-state index contributed by atoms with van der Waals surface area (Å²) >= 11 is 0. The van der Waals surface area contributed by atoms with Crippen LogP contribution in [0.5, 0.6) is 17.2 Å². The third-order valence-electron chi connectivity index (χ3n) is 2.27. The predicted octanol–water partition coefficient (Wildman–Crippen LogP) is 1.41. The molecule has 8 nitrogen and oxygen atoms in total. The van der Waals surface area contributed by atoms with Gasteiger partial charge in [-0.3, -0.25) is 14.9 Å². The first kappa shape index (κ1) is 14.7. The van der Waals surface area contributed by atoms with E-state index in [9.17, 15) is 14.9 Å². The first-order valence-corrected chi connectivity index (χ1v) is 5.10. The molecule has 0 aliphatic rings. The van der Waals surface area contributed by atoms with Crippen LogP contribution in [0.4, 0.5) is 5.69 Å². The molecule has 19 heavy (non-hydrogen) atoms. The lowest BCUT2D eigenvalue weighted by atomic mass is 10.1. The van der Waals surface area contributed by atoms with Crippen LogP contribution in [0.25, 0.3) is 0 Å². The molecule has 0 saturated carbocycles. The number of aldehydes is 1. The molecule has 0 bridgehead atoms. The molecule has 0 aromatic heterocycles. The van der Waals surface area contributed by atoms with Gasteiger partial charge in [-0.15, -0.1) is 0 Å². The SMILES string of the molecule is COCOc1cc([N+](=O)[O-])c(OC)c(C=O)c1OC. The summed E-state index contributed by atoms with van der Waals surface area (Å²) < 4.78 is 19.8. The van der Waals surface area contributed by atoms with E-state index < -0.39 is 10.6 Å². The van der Waals surface area contributed by atoms with Gasteiger partial charge in [0.15, 0.2) is 24.6 Å². The predicted molar refractivity (Wildman–Crippen MR) is 64.1 cm³/mol. The lowest BCUT2D eigenvalue weighted by Crippen LogP contribution is -2.06. The van der Waals surface area contributed by atoms with Crippen LogP contribution in [0, 0.1) is 10.1 Å². The van der Waals surface area contributed by atoms with Crippen molar-refractivity contribution in [1.29, 1.82) is 0 Å². The van der Waals surface area contributed by atoms with Gasteiger partial charge in [-0.05, 0) is 0 Å². The van der Waals surface area contributed by atoms with Crippen molar-refractivity contribution in [3.8, 4) is 17.2 Å². The molecule has 0 unspecified atom stereocenters. The maximum absolute atomic E-state index is 11.1. The van der Waals surface area contributed by atoms with Gasteiger partial charge in [0.05, 0.1) is 25.2 Å². The Hall–Kier alpha value is -2.35. The van der Waals surface area contributed by atoms with E-state index in [-0.39, 0.29) is 29.6 Å². The van der Waals surface area contributed by atoms with Gasteiger partial charge < -0.3 is 18.9 Å². The van der Waals surface area contributed by atoms with Crippen molar-refractivity contribution in [1.82, 2.24) is 0 Å². The minimum Gasteiger partial charge on any atom is -0.492 e. The van der Waals surface area contributed by atoms with E-state index in [1.54, 1.807) is 0 Å². The number of rotatable bonds is 7. The number of hydrogen-bond donors (Lipinski definition) is 0. The van der Waals surface area contributed by atoms with Gasteiger partial charge >= 0.3 is 5.69 Å². The van der Waals surface area contributed by atoms with Crippen LogP contribution in [-0.4, -0.2) is 39.3 Å². The highest BCUT2D eigenvalue weighted by molar-refractivity contribution is 5.88. The number of carbonyl (C=O) groups excluding carboxylic acids is 1. The fraction of sp³-hybridized carbons (Fsp3) is 0.364. The molecular weight excluding hydrogens is 258 g/mol. The van der Waals surface area contributed by atoms with Crippen molar-refractivity contribution in [2.24, 2.45) is 0 Å². The number of nitro groups is 1. The third kappa shape index (κ3) is 2.91. The number of benzene rings is 1. The lowest BCUT2D eigenvalue weighted by molar-refractivity contribution is -0.385. The maximum atomic E-state index is 11.1. The molecule has 0 aliphatic heterocycles. The van der Waals surface area contributed by atoms with Crippen molar-refractivity contribution in [3.05, 3.63) is 21.7 Å². The van der Waals surface area contributed by atoms with E-state index in [0.29, 0.717) is 6.29 Å². The second kappa shape index (κ2) is 6.55. The van der Waals surface area contributed by atoms with Crippen LogP contribution in [0.3, 0.4) is 0 Å². The number of methoxy groups -OCH3 is 3. The second-order valence-corrected chi connectivity index (χ2v) is 3.30. The molecule has 0 N–H and O–H groups in total. The van der Waals surface area contributed by atoms with Gasteiger partial charge in [-0.2, -0.15) is 0 Å². The van der Waals surface area contributed by atoms with E-state index in [1.807, 2.05) is 0 Å². The number of carbonyl (C=O) groups is 1. The molecule has 8 heteroatoms. The highest BCUT2D eigenvalue weighted by Crippen LogP contribution is 2.43. The summed E-state index contributed by atoms with van der Waals surface area (Å²) in [7, 11) is 3.93. The first-order valence-electron chi connectivity index (χ1n) is 5.10. The molecule has 1 aromatic carbocycles. The van der Waals surface area contributed by atoms with Crippen LogP contribution in [0.15, 0.2) is 6.07 Å². The number of nitro benzene ring substituents is 1. The largest absolute Gasteiger partial charge is 0.492 e. The molecule has 1 aromatic rings. The lowest BCUT2D eigenvalue weighted by Gasteiger charge is -2.14. The average Bonchev–Trinajstić information content (AvgIpc) is 2.42. The van der Waals surface area contributed by atoms with Gasteiger partial charge in [0.1, 0.15) is 5.56 Å². The van der Waals surface area contributed by atoms with Crippen molar-refractivity contribution in [2.45, 2.75) is 0 Å². The summed E-state index contributed by atoms with van der Waals surface area (Å²) in [5.41, 5.74) is -0.484. The van der Waals surface area contributed by atoms with E-state index in [0.717, 1.165) is 6.07 Å². The van der Waals surface area contributed by atoms with Gasteiger partial charge in [-0.1, -0.05) is 0 Å². The Bertz CT molecular complexity index is 486. The van der Waals surface area contributed by atoms with Gasteiger partial charge in [0.25, 0.3) is 0 Å². The van der Waals surface area contributed by atoms with E-state index in [4.69, 9.17) is 18.9 Å². The Morgan fingerprint density at radius 1 is 1.26 bits per heavy atom. The summed E-state index contributed by atoms with van der Waals surface area (Å²) in [6, 6.07) is 1.11. The van der Waals surface area contributed by atoms with Crippen molar-refractivity contribution in [3.63, 3.8) is 0 Å². The Balaban J connectivity index is 3.51. The van der Waals surface area contributed by atoms with Crippen molar-refractivity contribution >= 4 is 12.0 Å². The number of hydrogen-bond acceptors (Lipinski definition) is 7. The molecule has 104 valence electrons. The zero-order valence-corrected chi connectivity index (χ0v) is 10.7. The van der Waals surface area contributed by atoms with Crippen LogP contribution in [-0.2, 0) is 4.74 Å². The van der Waals surface area contributed by atoms with E-state index >= 15 is 0 Å². The van der Waals surface area contributed by atoms with Gasteiger partial charge in [0, 0.05) is 7.11 Å². The fourth-order valence-electron chi connectivity index (χ4n) is 1.53. The molecule has 1 rings (SSSR count). The number of nitrogens with zero attached hydrogens (tertiary/aromatic N) is 1. The average molecular weight is 271 g/mol. The van der Waals surface area contributed by atoms with Crippen LogP contribution in [0.1, 0.15) is 10.4 Å². The summed E-state index contributed by atoms with van der Waals surface area (Å²) in [6.07, 6.45) is 0.407. The van der Waals surface area contributed by atoms with Crippen molar-refractivity contribution in [2.75, 3.05) is 28.1 Å². The quantitative estimate of drug-likeness (QED) is 0.320. The smallest absolute Gasteiger partial charge is 0.315 e. The topological polar surface area (TPSA) is 97.1 Å². The van der Waals surface area contributed by atoms with E-state index in [2.05, 4.69) is 0 Å². The molecule has 0 spiro atoms. The third-order valence-corrected chi connectivity index (χ3v) is 2.27. The molecule has 0 atom stereocenters. The second-order valence-electron chi connectivity index (χ2n) is 3.30. The van der Waals surface area contributed by atoms with Crippen molar-refractivity contribution < 1.29 is 28.7 Å². The molecule has 0 aliphatic carbocycles. The normalized spacial score (nSPS) is 9.84. The number of ether oxygens (including phenoxy) is 4. The maximum Gasteiger partial charge on any atom is 0.315 e. The zero-order chi connectivity index (χ0) is 14.4. The minimum atomic E-state index is -0.676. The van der Waals surface area contributed by atoms with Crippen LogP contribution in [0.2, 0.25) is 0 Å².